The van der Waals surface area contributed by atoms with Crippen LogP contribution in [-0.2, 0) is 9.53 Å². The maximum Gasteiger partial charge on any atom is 0.333 e. The van der Waals surface area contributed by atoms with Crippen molar-refractivity contribution < 1.29 is 13.9 Å². The van der Waals surface area contributed by atoms with E-state index in [-0.39, 0.29) is 12.2 Å². The number of carbonyl (C=O) groups excluding carboxylic acids is 1. The summed E-state index contributed by atoms with van der Waals surface area (Å²) >= 11 is 0. The van der Waals surface area contributed by atoms with Gasteiger partial charge in [-0.2, -0.15) is 0 Å². The molecule has 0 aliphatic carbocycles. The standard InChI is InChI=1S/C17H18FNO2/c1-3-21-17(20)16(19-13-7-5-4-6-8-13)14-11-12(2)9-10-15(14)18/h4-11,16,19H,3H2,1-2H3. The monoisotopic (exact) mass is 287 g/mol. The van der Waals surface area contributed by atoms with Crippen LogP contribution < -0.4 is 5.32 Å². The third-order valence-electron chi connectivity index (χ3n) is 3.07. The summed E-state index contributed by atoms with van der Waals surface area (Å²) in [7, 11) is 0. The number of nitrogens with one attached hydrogen (secondary N) is 1. The molecule has 21 heavy (non-hydrogen) atoms. The Morgan fingerprint density at radius 2 is 1.95 bits per heavy atom. The number of benzene rings is 2. The van der Waals surface area contributed by atoms with E-state index in [9.17, 15) is 9.18 Å². The molecule has 1 N–H and O–H groups in total. The van der Waals surface area contributed by atoms with E-state index in [2.05, 4.69) is 5.32 Å². The lowest BCUT2D eigenvalue weighted by Gasteiger charge is -2.19. The average Bonchev–Trinajstić information content (AvgIpc) is 2.49. The first-order valence-corrected chi connectivity index (χ1v) is 6.86. The first-order valence-electron chi connectivity index (χ1n) is 6.86. The van der Waals surface area contributed by atoms with Crippen molar-refractivity contribution in [2.24, 2.45) is 0 Å². The van der Waals surface area contributed by atoms with Crippen molar-refractivity contribution in [2.45, 2.75) is 19.9 Å². The summed E-state index contributed by atoms with van der Waals surface area (Å²) in [4.78, 5) is 12.2. The van der Waals surface area contributed by atoms with Gasteiger partial charge in [0, 0.05) is 11.3 Å². The predicted octanol–water partition coefficient (Wildman–Crippen LogP) is 3.85. The van der Waals surface area contributed by atoms with Gasteiger partial charge in [0.05, 0.1) is 6.61 Å². The second-order valence-electron chi connectivity index (χ2n) is 4.72. The number of hydrogen-bond donors (Lipinski definition) is 1. The van der Waals surface area contributed by atoms with Crippen molar-refractivity contribution >= 4 is 11.7 Å². The number of ether oxygens (including phenoxy) is 1. The fourth-order valence-electron chi connectivity index (χ4n) is 2.07. The maximum absolute atomic E-state index is 14.1. The van der Waals surface area contributed by atoms with E-state index >= 15 is 0 Å². The van der Waals surface area contributed by atoms with Gasteiger partial charge in [-0.1, -0.05) is 35.9 Å². The van der Waals surface area contributed by atoms with Crippen molar-refractivity contribution in [3.8, 4) is 0 Å². The molecule has 1 unspecified atom stereocenters. The molecule has 2 aromatic carbocycles. The smallest absolute Gasteiger partial charge is 0.333 e. The minimum Gasteiger partial charge on any atom is -0.464 e. The Morgan fingerprint density at radius 1 is 1.24 bits per heavy atom. The van der Waals surface area contributed by atoms with E-state index in [1.54, 1.807) is 19.1 Å². The number of aryl methyl sites for hydroxylation is 1. The third kappa shape index (κ3) is 3.81. The number of para-hydroxylation sites is 1. The summed E-state index contributed by atoms with van der Waals surface area (Å²) in [5.74, 6) is -0.923. The quantitative estimate of drug-likeness (QED) is 0.849. The molecule has 0 aliphatic rings. The van der Waals surface area contributed by atoms with Gasteiger partial charge in [-0.3, -0.25) is 0 Å². The van der Waals surface area contributed by atoms with Crippen LogP contribution in [0.2, 0.25) is 0 Å². The molecule has 2 aromatic rings. The summed E-state index contributed by atoms with van der Waals surface area (Å²) in [6, 6.07) is 13.0. The minimum absolute atomic E-state index is 0.249. The number of carbonyl (C=O) groups is 1. The molecule has 0 saturated heterocycles. The van der Waals surface area contributed by atoms with Crippen LogP contribution in [-0.4, -0.2) is 12.6 Å². The first kappa shape index (κ1) is 15.0. The van der Waals surface area contributed by atoms with Gasteiger partial charge in [-0.25, -0.2) is 9.18 Å². The second kappa shape index (κ2) is 6.88. The normalized spacial score (nSPS) is 11.8. The van der Waals surface area contributed by atoms with Gasteiger partial charge < -0.3 is 10.1 Å². The summed E-state index contributed by atoms with van der Waals surface area (Å²) in [5.41, 5.74) is 1.91. The van der Waals surface area contributed by atoms with E-state index in [4.69, 9.17) is 4.74 Å². The van der Waals surface area contributed by atoms with Gasteiger partial charge in [0.1, 0.15) is 5.82 Å². The molecule has 0 aliphatic heterocycles. The molecule has 0 fully saturated rings. The number of anilines is 1. The summed E-state index contributed by atoms with van der Waals surface area (Å²) in [6.45, 7) is 3.83. The Labute approximate surface area is 123 Å². The number of esters is 1. The zero-order valence-electron chi connectivity index (χ0n) is 12.1. The lowest BCUT2D eigenvalue weighted by molar-refractivity contribution is -0.144. The number of rotatable bonds is 5. The Morgan fingerprint density at radius 3 is 2.62 bits per heavy atom. The maximum atomic E-state index is 14.1. The lowest BCUT2D eigenvalue weighted by Crippen LogP contribution is -2.24. The Balaban J connectivity index is 2.36. The van der Waals surface area contributed by atoms with Gasteiger partial charge in [-0.15, -0.1) is 0 Å². The first-order chi connectivity index (χ1) is 10.1. The van der Waals surface area contributed by atoms with E-state index in [1.165, 1.54) is 6.07 Å². The molecule has 1 atom stereocenters. The van der Waals surface area contributed by atoms with Crippen LogP contribution in [0.3, 0.4) is 0 Å². The Bertz CT molecular complexity index is 613. The zero-order chi connectivity index (χ0) is 15.2. The largest absolute Gasteiger partial charge is 0.464 e. The third-order valence-corrected chi connectivity index (χ3v) is 3.07. The molecule has 0 heterocycles. The van der Waals surface area contributed by atoms with Gasteiger partial charge in [0.15, 0.2) is 6.04 Å². The summed E-state index contributed by atoms with van der Waals surface area (Å²) in [6.07, 6.45) is 0. The molecular formula is C17H18FNO2. The second-order valence-corrected chi connectivity index (χ2v) is 4.72. The van der Waals surface area contributed by atoms with E-state index in [0.29, 0.717) is 0 Å². The molecule has 0 saturated carbocycles. The highest BCUT2D eigenvalue weighted by Gasteiger charge is 2.25. The molecule has 4 heteroatoms. The summed E-state index contributed by atoms with van der Waals surface area (Å²) < 4.78 is 19.1. The van der Waals surface area contributed by atoms with Crippen LogP contribution in [0, 0.1) is 12.7 Å². The van der Waals surface area contributed by atoms with Crippen molar-refractivity contribution in [3.05, 3.63) is 65.5 Å². The molecule has 0 aromatic heterocycles. The molecule has 0 spiro atoms. The molecule has 3 nitrogen and oxygen atoms in total. The van der Waals surface area contributed by atoms with Gasteiger partial charge in [0.2, 0.25) is 0 Å². The van der Waals surface area contributed by atoms with E-state index in [1.807, 2.05) is 37.3 Å². The van der Waals surface area contributed by atoms with Crippen molar-refractivity contribution in [3.63, 3.8) is 0 Å². The highest BCUT2D eigenvalue weighted by molar-refractivity contribution is 5.81. The van der Waals surface area contributed by atoms with Crippen molar-refractivity contribution in [1.29, 1.82) is 0 Å². The van der Waals surface area contributed by atoms with Crippen molar-refractivity contribution in [2.75, 3.05) is 11.9 Å². The van der Waals surface area contributed by atoms with Crippen LogP contribution in [0.5, 0.6) is 0 Å². The van der Waals surface area contributed by atoms with E-state index in [0.717, 1.165) is 11.3 Å². The molecule has 2 rings (SSSR count). The lowest BCUT2D eigenvalue weighted by atomic mass is 10.0. The zero-order valence-corrected chi connectivity index (χ0v) is 12.1. The average molecular weight is 287 g/mol. The SMILES string of the molecule is CCOC(=O)C(Nc1ccccc1)c1cc(C)ccc1F. The summed E-state index contributed by atoms with van der Waals surface area (Å²) in [5, 5.41) is 3.03. The predicted molar refractivity (Wildman–Crippen MR) is 80.6 cm³/mol. The van der Waals surface area contributed by atoms with Gasteiger partial charge >= 0.3 is 5.97 Å². The number of hydrogen-bond acceptors (Lipinski definition) is 3. The number of halogens is 1. The van der Waals surface area contributed by atoms with Crippen LogP contribution in [0.15, 0.2) is 48.5 Å². The fourth-order valence-corrected chi connectivity index (χ4v) is 2.07. The molecule has 0 amide bonds. The topological polar surface area (TPSA) is 38.3 Å². The van der Waals surface area contributed by atoms with Crippen molar-refractivity contribution in [1.82, 2.24) is 0 Å². The van der Waals surface area contributed by atoms with Gasteiger partial charge in [0.25, 0.3) is 0 Å². The Kier molecular flexibility index (Phi) is 4.93. The van der Waals surface area contributed by atoms with Crippen LogP contribution in [0.25, 0.3) is 0 Å². The van der Waals surface area contributed by atoms with Gasteiger partial charge in [-0.05, 0) is 32.0 Å². The van der Waals surface area contributed by atoms with Crippen LogP contribution in [0.1, 0.15) is 24.1 Å². The molecule has 0 bridgehead atoms. The molecular weight excluding hydrogens is 269 g/mol. The molecule has 0 radical (unpaired) electrons. The fraction of sp³-hybridized carbons (Fsp3) is 0.235. The Hall–Kier alpha value is -2.36. The minimum atomic E-state index is -0.868. The highest BCUT2D eigenvalue weighted by Crippen LogP contribution is 2.24. The van der Waals surface area contributed by atoms with E-state index < -0.39 is 17.8 Å². The highest BCUT2D eigenvalue weighted by atomic mass is 19.1. The molecule has 110 valence electrons. The van der Waals surface area contributed by atoms with Crippen LogP contribution in [0.4, 0.5) is 10.1 Å². The van der Waals surface area contributed by atoms with Crippen LogP contribution >= 0.6 is 0 Å².